The van der Waals surface area contributed by atoms with Crippen molar-refractivity contribution in [3.8, 4) is 0 Å². The van der Waals surface area contributed by atoms with Crippen molar-refractivity contribution in [1.82, 2.24) is 4.90 Å². The molecule has 1 atom stereocenters. The van der Waals surface area contributed by atoms with Gasteiger partial charge in [-0.15, -0.1) is 4.40 Å². The fourth-order valence-electron chi connectivity index (χ4n) is 2.72. The first-order valence-corrected chi connectivity index (χ1v) is 7.92. The second-order valence-corrected chi connectivity index (χ2v) is 6.65. The van der Waals surface area contributed by atoms with Crippen LogP contribution in [0.1, 0.15) is 18.4 Å². The Labute approximate surface area is 117 Å². The number of amidine groups is 1. The summed E-state index contributed by atoms with van der Waals surface area (Å²) in [6, 6.07) is 6.76. The Morgan fingerprint density at radius 1 is 1.35 bits per heavy atom. The number of hydrogen-bond donors (Lipinski definition) is 1. The fraction of sp³-hybridized carbons (Fsp3) is 0.385. The first kappa shape index (κ1) is 13.1. The quantitative estimate of drug-likeness (QED) is 0.807. The molecule has 1 fully saturated rings. The molecular formula is C13H15N3O3S. The lowest BCUT2D eigenvalue weighted by atomic mass is 9.97. The van der Waals surface area contributed by atoms with Crippen molar-refractivity contribution in [3.63, 3.8) is 0 Å². The summed E-state index contributed by atoms with van der Waals surface area (Å²) in [7, 11) is -3.61. The van der Waals surface area contributed by atoms with E-state index in [0.717, 1.165) is 12.8 Å². The summed E-state index contributed by atoms with van der Waals surface area (Å²) in [5.74, 6) is -0.155. The minimum absolute atomic E-state index is 0.233. The molecule has 2 heterocycles. The maximum Gasteiger partial charge on any atom is 0.285 e. The van der Waals surface area contributed by atoms with Crippen LogP contribution in [0.3, 0.4) is 0 Å². The van der Waals surface area contributed by atoms with E-state index in [1.54, 1.807) is 24.3 Å². The average Bonchev–Trinajstić information content (AvgIpc) is 2.72. The molecule has 2 aliphatic rings. The van der Waals surface area contributed by atoms with E-state index >= 15 is 0 Å². The van der Waals surface area contributed by atoms with Crippen LogP contribution in [0.5, 0.6) is 0 Å². The summed E-state index contributed by atoms with van der Waals surface area (Å²) in [6.45, 7) is 1.12. The lowest BCUT2D eigenvalue weighted by Gasteiger charge is -2.32. The van der Waals surface area contributed by atoms with Gasteiger partial charge in [0.05, 0.1) is 5.92 Å². The number of nitrogens with zero attached hydrogens (tertiary/aromatic N) is 2. The van der Waals surface area contributed by atoms with Crippen molar-refractivity contribution < 1.29 is 13.2 Å². The van der Waals surface area contributed by atoms with E-state index < -0.39 is 10.0 Å². The van der Waals surface area contributed by atoms with Crippen molar-refractivity contribution in [2.24, 2.45) is 16.0 Å². The van der Waals surface area contributed by atoms with Crippen molar-refractivity contribution in [3.05, 3.63) is 29.8 Å². The minimum Gasteiger partial charge on any atom is -0.369 e. The zero-order valence-electron chi connectivity index (χ0n) is 10.8. The number of sulfonamides is 1. The number of benzene rings is 1. The molecule has 3 rings (SSSR count). The molecule has 106 valence electrons. The second-order valence-electron chi connectivity index (χ2n) is 5.07. The predicted octanol–water partition coefficient (Wildman–Crippen LogP) is 0.333. The summed E-state index contributed by atoms with van der Waals surface area (Å²) in [4.78, 5) is 13.4. The van der Waals surface area contributed by atoms with Crippen LogP contribution in [-0.4, -0.2) is 38.2 Å². The fourth-order valence-corrected chi connectivity index (χ4v) is 3.95. The number of amides is 1. The second kappa shape index (κ2) is 4.59. The van der Waals surface area contributed by atoms with Gasteiger partial charge in [0.25, 0.3) is 10.0 Å². The van der Waals surface area contributed by atoms with Crippen LogP contribution >= 0.6 is 0 Å². The van der Waals surface area contributed by atoms with Gasteiger partial charge in [0.1, 0.15) is 4.90 Å². The third-order valence-electron chi connectivity index (χ3n) is 3.74. The van der Waals surface area contributed by atoms with Crippen molar-refractivity contribution in [2.75, 3.05) is 13.1 Å². The van der Waals surface area contributed by atoms with Crippen LogP contribution in [0.15, 0.2) is 33.6 Å². The number of carbonyl (C=O) groups is 1. The van der Waals surface area contributed by atoms with Gasteiger partial charge in [-0.2, -0.15) is 8.42 Å². The lowest BCUT2D eigenvalue weighted by molar-refractivity contribution is -0.122. The molecule has 1 amide bonds. The van der Waals surface area contributed by atoms with E-state index in [9.17, 15) is 13.2 Å². The Bertz CT molecular complexity index is 697. The highest BCUT2D eigenvalue weighted by Crippen LogP contribution is 2.29. The average molecular weight is 293 g/mol. The number of fused-ring (bicyclic) bond motifs is 1. The molecule has 0 aromatic heterocycles. The molecule has 0 spiro atoms. The van der Waals surface area contributed by atoms with Gasteiger partial charge in [-0.25, -0.2) is 0 Å². The highest BCUT2D eigenvalue weighted by Gasteiger charge is 2.34. The summed E-state index contributed by atoms with van der Waals surface area (Å²) < 4.78 is 27.9. The zero-order valence-corrected chi connectivity index (χ0v) is 11.6. The molecule has 1 aromatic carbocycles. The largest absolute Gasteiger partial charge is 0.369 e. The van der Waals surface area contributed by atoms with Gasteiger partial charge in [-0.1, -0.05) is 12.1 Å². The summed E-state index contributed by atoms with van der Waals surface area (Å²) >= 11 is 0. The third-order valence-corrected chi connectivity index (χ3v) is 5.06. The van der Waals surface area contributed by atoms with Crippen LogP contribution in [0.2, 0.25) is 0 Å². The van der Waals surface area contributed by atoms with E-state index in [1.165, 1.54) is 0 Å². The molecule has 1 aromatic rings. The van der Waals surface area contributed by atoms with E-state index in [2.05, 4.69) is 4.40 Å². The molecule has 7 heteroatoms. The first-order valence-electron chi connectivity index (χ1n) is 6.48. The van der Waals surface area contributed by atoms with Gasteiger partial charge in [0.15, 0.2) is 5.84 Å². The number of rotatable bonds is 1. The van der Waals surface area contributed by atoms with E-state index in [-0.39, 0.29) is 16.7 Å². The number of carbonyl (C=O) groups excluding carboxylic acids is 1. The molecule has 1 saturated heterocycles. The molecule has 2 aliphatic heterocycles. The molecule has 20 heavy (non-hydrogen) atoms. The van der Waals surface area contributed by atoms with Crippen molar-refractivity contribution >= 4 is 21.8 Å². The van der Waals surface area contributed by atoms with Gasteiger partial charge in [0.2, 0.25) is 5.91 Å². The van der Waals surface area contributed by atoms with Crippen molar-refractivity contribution in [2.45, 2.75) is 17.7 Å². The number of likely N-dealkylation sites (tertiary alicyclic amines) is 1. The van der Waals surface area contributed by atoms with Gasteiger partial charge in [-0.05, 0) is 25.0 Å². The Balaban J connectivity index is 1.97. The van der Waals surface area contributed by atoms with Crippen LogP contribution in [-0.2, 0) is 14.8 Å². The smallest absolute Gasteiger partial charge is 0.285 e. The number of piperidine rings is 1. The molecular weight excluding hydrogens is 278 g/mol. The zero-order chi connectivity index (χ0) is 14.3. The van der Waals surface area contributed by atoms with Gasteiger partial charge in [0, 0.05) is 18.7 Å². The predicted molar refractivity (Wildman–Crippen MR) is 73.7 cm³/mol. The number of primary amides is 1. The van der Waals surface area contributed by atoms with Gasteiger partial charge in [-0.3, -0.25) is 4.79 Å². The summed E-state index contributed by atoms with van der Waals surface area (Å²) in [5, 5.41) is 0. The Kier molecular flexibility index (Phi) is 3.01. The van der Waals surface area contributed by atoms with E-state index in [0.29, 0.717) is 24.5 Å². The monoisotopic (exact) mass is 293 g/mol. The molecule has 2 N–H and O–H groups in total. The first-order chi connectivity index (χ1) is 9.49. The lowest BCUT2D eigenvalue weighted by Crippen LogP contribution is -2.44. The van der Waals surface area contributed by atoms with Crippen LogP contribution in [0.25, 0.3) is 0 Å². The number of hydrogen-bond acceptors (Lipinski definition) is 4. The molecule has 6 nitrogen and oxygen atoms in total. The molecule has 0 radical (unpaired) electrons. The van der Waals surface area contributed by atoms with Gasteiger partial charge >= 0.3 is 0 Å². The SMILES string of the molecule is NC(=O)C1CCCN(C2=NS(=O)(=O)c3ccccc32)C1. The van der Waals surface area contributed by atoms with Crippen LogP contribution in [0.4, 0.5) is 0 Å². The Morgan fingerprint density at radius 2 is 2.10 bits per heavy atom. The third kappa shape index (κ3) is 2.07. The highest BCUT2D eigenvalue weighted by atomic mass is 32.2. The number of nitrogens with two attached hydrogens (primary N) is 1. The maximum absolute atomic E-state index is 12.0. The normalized spacial score (nSPS) is 24.1. The maximum atomic E-state index is 12.0. The minimum atomic E-state index is -3.61. The molecule has 0 bridgehead atoms. The topological polar surface area (TPSA) is 92.8 Å². The van der Waals surface area contributed by atoms with Crippen LogP contribution in [0, 0.1) is 5.92 Å². The standard InChI is InChI=1S/C13H15N3O3S/c14-12(17)9-4-3-7-16(8-9)13-10-5-1-2-6-11(10)20(18,19)15-13/h1-2,5-6,9H,3-4,7-8H2,(H2,14,17). The Hall–Kier alpha value is -1.89. The molecule has 1 unspecified atom stereocenters. The van der Waals surface area contributed by atoms with Gasteiger partial charge < -0.3 is 10.6 Å². The molecule has 0 aliphatic carbocycles. The van der Waals surface area contributed by atoms with Crippen LogP contribution < -0.4 is 5.73 Å². The summed E-state index contributed by atoms with van der Waals surface area (Å²) in [6.07, 6.45) is 1.54. The highest BCUT2D eigenvalue weighted by molar-refractivity contribution is 7.90. The van der Waals surface area contributed by atoms with E-state index in [1.807, 2.05) is 4.90 Å². The molecule has 0 saturated carbocycles. The summed E-state index contributed by atoms with van der Waals surface area (Å²) in [5.41, 5.74) is 5.96. The van der Waals surface area contributed by atoms with E-state index in [4.69, 9.17) is 5.73 Å². The van der Waals surface area contributed by atoms with Crippen molar-refractivity contribution in [1.29, 1.82) is 0 Å². The Morgan fingerprint density at radius 3 is 2.85 bits per heavy atom.